The third-order valence-corrected chi connectivity index (χ3v) is 2.02. The van der Waals surface area contributed by atoms with Crippen LogP contribution in [0.1, 0.15) is 22.4 Å². The number of ether oxygens (including phenoxy) is 1. The summed E-state index contributed by atoms with van der Waals surface area (Å²) >= 11 is 0. The monoisotopic (exact) mass is 198 g/mol. The first kappa shape index (κ1) is 9.17. The topological polar surface area (TPSA) is 84.6 Å². The maximum atomic E-state index is 10.7. The molecule has 1 aromatic heterocycles. The van der Waals surface area contributed by atoms with E-state index >= 15 is 0 Å². The Bertz CT molecular complexity index is 330. The van der Waals surface area contributed by atoms with E-state index in [1.807, 2.05) is 0 Å². The maximum Gasteiger partial charge on any atom is 0.373 e. The number of hydrogen-bond acceptors (Lipinski definition) is 5. The number of aromatic nitrogens is 1. The fourth-order valence-electron chi connectivity index (χ4n) is 1.39. The zero-order valence-electron chi connectivity index (χ0n) is 7.40. The Hall–Kier alpha value is -1.40. The van der Waals surface area contributed by atoms with Crippen LogP contribution in [0.4, 0.5) is 0 Å². The van der Waals surface area contributed by atoms with Gasteiger partial charge in [0.25, 0.3) is 0 Å². The van der Waals surface area contributed by atoms with Crippen LogP contribution in [0, 0.1) is 0 Å². The second-order valence-electron chi connectivity index (χ2n) is 2.94. The second-order valence-corrected chi connectivity index (χ2v) is 2.94. The van der Waals surface area contributed by atoms with Crippen LogP contribution in [0.15, 0.2) is 10.8 Å². The third-order valence-electron chi connectivity index (χ3n) is 2.02. The summed E-state index contributed by atoms with van der Waals surface area (Å²) in [5.74, 6) is -1.26. The molecule has 14 heavy (non-hydrogen) atoms. The summed E-state index contributed by atoms with van der Waals surface area (Å²) in [6.45, 7) is 1.89. The molecule has 0 bridgehead atoms. The van der Waals surface area contributed by atoms with E-state index in [1.54, 1.807) is 0 Å². The standard InChI is InChI=1S/C8H10N2O4/c11-8(12)7-6(10-4-14-7)5-3-9-1-2-13-5/h4-5,9H,1-3H2,(H,11,12). The molecule has 2 N–H and O–H groups in total. The molecule has 0 saturated carbocycles. The van der Waals surface area contributed by atoms with Crippen molar-refractivity contribution >= 4 is 5.97 Å². The van der Waals surface area contributed by atoms with Gasteiger partial charge in [-0.25, -0.2) is 9.78 Å². The van der Waals surface area contributed by atoms with Gasteiger partial charge in [-0.05, 0) is 0 Å². The van der Waals surface area contributed by atoms with E-state index in [9.17, 15) is 4.79 Å². The van der Waals surface area contributed by atoms with Gasteiger partial charge in [-0.15, -0.1) is 0 Å². The Kier molecular flexibility index (Phi) is 2.47. The summed E-state index contributed by atoms with van der Waals surface area (Å²) in [6.07, 6.45) is 0.796. The van der Waals surface area contributed by atoms with E-state index < -0.39 is 5.97 Å². The highest BCUT2D eigenvalue weighted by atomic mass is 16.5. The SMILES string of the molecule is O=C(O)c1ocnc1C1CNCCO1. The van der Waals surface area contributed by atoms with Crippen molar-refractivity contribution < 1.29 is 19.1 Å². The van der Waals surface area contributed by atoms with E-state index in [2.05, 4.69) is 10.3 Å². The molecule has 1 aliphatic rings. The molecule has 0 radical (unpaired) electrons. The lowest BCUT2D eigenvalue weighted by Crippen LogP contribution is -2.34. The van der Waals surface area contributed by atoms with Crippen molar-refractivity contribution in [1.29, 1.82) is 0 Å². The zero-order valence-corrected chi connectivity index (χ0v) is 7.40. The minimum Gasteiger partial charge on any atom is -0.475 e. The van der Waals surface area contributed by atoms with E-state index in [1.165, 1.54) is 0 Å². The van der Waals surface area contributed by atoms with Gasteiger partial charge < -0.3 is 19.6 Å². The number of morpholine rings is 1. The molecule has 2 rings (SSSR count). The van der Waals surface area contributed by atoms with Crippen LogP contribution < -0.4 is 5.32 Å². The van der Waals surface area contributed by atoms with E-state index in [-0.39, 0.29) is 11.9 Å². The summed E-state index contributed by atoms with van der Waals surface area (Å²) in [5.41, 5.74) is 0.352. The third kappa shape index (κ3) is 1.61. The molecule has 1 aromatic rings. The number of oxazole rings is 1. The van der Waals surface area contributed by atoms with E-state index in [0.29, 0.717) is 18.8 Å². The average Bonchev–Trinajstić information content (AvgIpc) is 2.67. The number of rotatable bonds is 2. The van der Waals surface area contributed by atoms with Crippen molar-refractivity contribution in [3.63, 3.8) is 0 Å². The molecule has 1 fully saturated rings. The molecular weight excluding hydrogens is 188 g/mol. The van der Waals surface area contributed by atoms with Gasteiger partial charge in [-0.2, -0.15) is 0 Å². The molecule has 1 saturated heterocycles. The molecule has 1 unspecified atom stereocenters. The lowest BCUT2D eigenvalue weighted by atomic mass is 10.2. The first-order valence-electron chi connectivity index (χ1n) is 4.28. The summed E-state index contributed by atoms with van der Waals surface area (Å²) in [6, 6.07) is 0. The predicted octanol–water partition coefficient (Wildman–Crippen LogP) is 0.0337. The van der Waals surface area contributed by atoms with Gasteiger partial charge in [0, 0.05) is 13.1 Å². The Morgan fingerprint density at radius 1 is 1.71 bits per heavy atom. The molecule has 6 heteroatoms. The highest BCUT2D eigenvalue weighted by Crippen LogP contribution is 2.20. The molecule has 2 heterocycles. The lowest BCUT2D eigenvalue weighted by Gasteiger charge is -2.21. The van der Waals surface area contributed by atoms with Crippen molar-refractivity contribution in [1.82, 2.24) is 10.3 Å². The summed E-state index contributed by atoms with van der Waals surface area (Å²) in [4.78, 5) is 14.6. The van der Waals surface area contributed by atoms with E-state index in [0.717, 1.165) is 12.9 Å². The van der Waals surface area contributed by atoms with Gasteiger partial charge >= 0.3 is 5.97 Å². The Morgan fingerprint density at radius 3 is 3.21 bits per heavy atom. The van der Waals surface area contributed by atoms with Crippen molar-refractivity contribution in [2.24, 2.45) is 0 Å². The largest absolute Gasteiger partial charge is 0.475 e. The first-order chi connectivity index (χ1) is 6.79. The summed E-state index contributed by atoms with van der Waals surface area (Å²) < 4.78 is 10.1. The number of nitrogens with zero attached hydrogens (tertiary/aromatic N) is 1. The molecule has 0 amide bonds. The minimum atomic E-state index is -1.12. The minimum absolute atomic E-state index is 0.140. The zero-order chi connectivity index (χ0) is 9.97. The molecule has 0 spiro atoms. The van der Waals surface area contributed by atoms with Crippen LogP contribution >= 0.6 is 0 Å². The normalized spacial score (nSPS) is 22.1. The highest BCUT2D eigenvalue weighted by molar-refractivity contribution is 5.85. The van der Waals surface area contributed by atoms with Gasteiger partial charge in [0.2, 0.25) is 5.76 Å². The number of aromatic carboxylic acids is 1. The maximum absolute atomic E-state index is 10.7. The molecule has 76 valence electrons. The Labute approximate surface area is 79.9 Å². The Morgan fingerprint density at radius 2 is 2.57 bits per heavy atom. The molecule has 0 aromatic carbocycles. The number of carboxylic acids is 1. The van der Waals surface area contributed by atoms with Gasteiger partial charge in [0.1, 0.15) is 11.8 Å². The quantitative estimate of drug-likeness (QED) is 0.697. The van der Waals surface area contributed by atoms with Crippen molar-refractivity contribution in [2.45, 2.75) is 6.10 Å². The lowest BCUT2D eigenvalue weighted by molar-refractivity contribution is 0.0232. The number of carbonyl (C=O) groups is 1. The first-order valence-corrected chi connectivity index (χ1v) is 4.28. The second kappa shape index (κ2) is 3.77. The van der Waals surface area contributed by atoms with Gasteiger partial charge in [0.05, 0.1) is 6.61 Å². The number of nitrogens with one attached hydrogen (secondary N) is 1. The fourth-order valence-corrected chi connectivity index (χ4v) is 1.39. The summed E-state index contributed by atoms with van der Waals surface area (Å²) in [5, 5.41) is 11.9. The molecule has 1 atom stereocenters. The predicted molar refractivity (Wildman–Crippen MR) is 45.0 cm³/mol. The van der Waals surface area contributed by atoms with Crippen molar-refractivity contribution in [3.05, 3.63) is 17.8 Å². The fraction of sp³-hybridized carbons (Fsp3) is 0.500. The molecule has 0 aliphatic carbocycles. The van der Waals surface area contributed by atoms with Crippen LogP contribution in [0.25, 0.3) is 0 Å². The van der Waals surface area contributed by atoms with Crippen LogP contribution in [-0.2, 0) is 4.74 Å². The van der Waals surface area contributed by atoms with Crippen LogP contribution in [0.3, 0.4) is 0 Å². The van der Waals surface area contributed by atoms with Crippen molar-refractivity contribution in [3.8, 4) is 0 Å². The van der Waals surface area contributed by atoms with Gasteiger partial charge in [-0.3, -0.25) is 0 Å². The molecule has 1 aliphatic heterocycles. The van der Waals surface area contributed by atoms with Crippen molar-refractivity contribution in [2.75, 3.05) is 19.7 Å². The van der Waals surface area contributed by atoms with Crippen LogP contribution in [0.2, 0.25) is 0 Å². The number of hydrogen-bond donors (Lipinski definition) is 2. The smallest absolute Gasteiger partial charge is 0.373 e. The average molecular weight is 198 g/mol. The molecule has 6 nitrogen and oxygen atoms in total. The van der Waals surface area contributed by atoms with Crippen LogP contribution in [0.5, 0.6) is 0 Å². The number of carboxylic acid groups (broad SMARTS) is 1. The molecular formula is C8H10N2O4. The van der Waals surface area contributed by atoms with Gasteiger partial charge in [0.15, 0.2) is 6.39 Å². The highest BCUT2D eigenvalue weighted by Gasteiger charge is 2.25. The van der Waals surface area contributed by atoms with E-state index in [4.69, 9.17) is 14.3 Å². The summed E-state index contributed by atoms with van der Waals surface area (Å²) in [7, 11) is 0. The van der Waals surface area contributed by atoms with Gasteiger partial charge in [-0.1, -0.05) is 0 Å². The van der Waals surface area contributed by atoms with Crippen LogP contribution in [-0.4, -0.2) is 35.8 Å². The Balaban J connectivity index is 2.21.